The molecule has 1 aliphatic rings. The molecule has 1 saturated heterocycles. The second-order valence-corrected chi connectivity index (χ2v) is 4.60. The van der Waals surface area contributed by atoms with Crippen molar-refractivity contribution < 1.29 is 15.0 Å². The summed E-state index contributed by atoms with van der Waals surface area (Å²) in [5.74, 6) is -0.241. The van der Waals surface area contributed by atoms with E-state index >= 15 is 0 Å². The lowest BCUT2D eigenvalue weighted by atomic mass is 10.2. The topological polar surface area (TPSA) is 76.9 Å². The predicted molar refractivity (Wildman–Crippen MR) is 69.9 cm³/mol. The number of aromatic hydroxyl groups is 1. The zero-order valence-electron chi connectivity index (χ0n) is 10.8. The maximum absolute atomic E-state index is 12.3. The van der Waals surface area contributed by atoms with E-state index in [1.807, 2.05) is 0 Å². The lowest BCUT2D eigenvalue weighted by Gasteiger charge is -2.21. The molecular weight excluding hydrogens is 246 g/mol. The average molecular weight is 265 g/mol. The minimum Gasteiger partial charge on any atom is -0.505 e. The molecule has 0 spiro atoms. The van der Waals surface area contributed by atoms with Crippen LogP contribution in [0.15, 0.2) is 18.5 Å². The van der Waals surface area contributed by atoms with Crippen LogP contribution >= 0.6 is 0 Å². The van der Waals surface area contributed by atoms with Crippen LogP contribution in [0.2, 0.25) is 0 Å². The summed E-state index contributed by atoms with van der Waals surface area (Å²) in [4.78, 5) is 20.0. The number of nitrogens with zero attached hydrogens (tertiary/aromatic N) is 3. The molecule has 6 heteroatoms. The largest absolute Gasteiger partial charge is 0.505 e. The Balaban J connectivity index is 2.02. The molecule has 1 aliphatic heterocycles. The van der Waals surface area contributed by atoms with Gasteiger partial charge in [0.2, 0.25) is 0 Å². The fourth-order valence-corrected chi connectivity index (χ4v) is 2.28. The summed E-state index contributed by atoms with van der Waals surface area (Å²) in [6, 6.07) is 1.54. The minimum absolute atomic E-state index is 0.0797. The molecule has 19 heavy (non-hydrogen) atoms. The van der Waals surface area contributed by atoms with Gasteiger partial charge in [0.15, 0.2) is 0 Å². The molecule has 1 aromatic heterocycles. The fourth-order valence-electron chi connectivity index (χ4n) is 2.28. The van der Waals surface area contributed by atoms with E-state index in [9.17, 15) is 9.90 Å². The van der Waals surface area contributed by atoms with E-state index in [1.165, 1.54) is 18.5 Å². The highest BCUT2D eigenvalue weighted by molar-refractivity contribution is 5.96. The molecule has 1 amide bonds. The Hall–Kier alpha value is -1.66. The molecule has 0 atom stereocenters. The lowest BCUT2D eigenvalue weighted by molar-refractivity contribution is 0.0757. The molecule has 0 saturated carbocycles. The van der Waals surface area contributed by atoms with E-state index in [2.05, 4.69) is 9.88 Å². The Bertz CT molecular complexity index is 439. The fraction of sp³-hybridized carbons (Fsp3) is 0.538. The van der Waals surface area contributed by atoms with E-state index < -0.39 is 0 Å². The smallest absolute Gasteiger partial charge is 0.257 e. The molecule has 0 unspecified atom stereocenters. The minimum atomic E-state index is -0.161. The molecule has 0 bridgehead atoms. The van der Waals surface area contributed by atoms with Gasteiger partial charge in [-0.05, 0) is 19.0 Å². The Labute approximate surface area is 112 Å². The first-order chi connectivity index (χ1) is 9.22. The second-order valence-electron chi connectivity index (χ2n) is 4.60. The van der Waals surface area contributed by atoms with Gasteiger partial charge in [-0.2, -0.15) is 0 Å². The van der Waals surface area contributed by atoms with Crippen LogP contribution in [0.4, 0.5) is 0 Å². The van der Waals surface area contributed by atoms with Gasteiger partial charge >= 0.3 is 0 Å². The highest BCUT2D eigenvalue weighted by Crippen LogP contribution is 2.17. The highest BCUT2D eigenvalue weighted by atomic mass is 16.3. The SMILES string of the molecule is O=C(c1ccncc1O)N1CCCN(CCO)CC1. The van der Waals surface area contributed by atoms with Gasteiger partial charge < -0.3 is 15.1 Å². The number of pyridine rings is 1. The Morgan fingerprint density at radius 3 is 2.89 bits per heavy atom. The maximum Gasteiger partial charge on any atom is 0.257 e. The van der Waals surface area contributed by atoms with Gasteiger partial charge in [0.05, 0.1) is 18.4 Å². The summed E-state index contributed by atoms with van der Waals surface area (Å²) in [7, 11) is 0. The zero-order chi connectivity index (χ0) is 13.7. The van der Waals surface area contributed by atoms with Gasteiger partial charge in [-0.3, -0.25) is 14.7 Å². The van der Waals surface area contributed by atoms with Gasteiger partial charge in [0, 0.05) is 32.4 Å². The lowest BCUT2D eigenvalue weighted by Crippen LogP contribution is -2.35. The first-order valence-corrected chi connectivity index (χ1v) is 6.48. The van der Waals surface area contributed by atoms with Crippen LogP contribution in [0.3, 0.4) is 0 Å². The zero-order valence-corrected chi connectivity index (χ0v) is 10.8. The van der Waals surface area contributed by atoms with Crippen molar-refractivity contribution in [1.82, 2.24) is 14.8 Å². The van der Waals surface area contributed by atoms with Gasteiger partial charge in [-0.15, -0.1) is 0 Å². The molecule has 2 heterocycles. The van der Waals surface area contributed by atoms with Crippen LogP contribution in [0.5, 0.6) is 5.75 Å². The van der Waals surface area contributed by atoms with E-state index in [0.717, 1.165) is 19.5 Å². The van der Waals surface area contributed by atoms with Crippen molar-refractivity contribution >= 4 is 5.91 Å². The van der Waals surface area contributed by atoms with Crippen molar-refractivity contribution in [2.75, 3.05) is 39.3 Å². The van der Waals surface area contributed by atoms with Crippen LogP contribution < -0.4 is 0 Å². The Kier molecular flexibility index (Phi) is 4.70. The number of carbonyl (C=O) groups is 1. The third kappa shape index (κ3) is 3.42. The summed E-state index contributed by atoms with van der Waals surface area (Å²) in [5, 5.41) is 18.6. The van der Waals surface area contributed by atoms with E-state index in [-0.39, 0.29) is 18.3 Å². The molecule has 1 aromatic rings. The number of carbonyl (C=O) groups excluding carboxylic acids is 1. The molecule has 1 fully saturated rings. The molecular formula is C13H19N3O3. The Morgan fingerprint density at radius 1 is 1.32 bits per heavy atom. The monoisotopic (exact) mass is 265 g/mol. The van der Waals surface area contributed by atoms with Gasteiger partial charge in [-0.25, -0.2) is 0 Å². The number of hydrogen-bond donors (Lipinski definition) is 2. The van der Waals surface area contributed by atoms with E-state index in [4.69, 9.17) is 5.11 Å². The number of rotatable bonds is 3. The van der Waals surface area contributed by atoms with Crippen LogP contribution in [0.25, 0.3) is 0 Å². The summed E-state index contributed by atoms with van der Waals surface area (Å²) in [6.45, 7) is 3.69. The van der Waals surface area contributed by atoms with Gasteiger partial charge in [0.1, 0.15) is 5.75 Å². The van der Waals surface area contributed by atoms with E-state index in [1.54, 1.807) is 4.90 Å². The maximum atomic E-state index is 12.3. The molecule has 104 valence electrons. The van der Waals surface area contributed by atoms with E-state index in [0.29, 0.717) is 25.2 Å². The highest BCUT2D eigenvalue weighted by Gasteiger charge is 2.21. The number of hydrogen-bond acceptors (Lipinski definition) is 5. The summed E-state index contributed by atoms with van der Waals surface area (Å²) in [5.41, 5.74) is 0.297. The van der Waals surface area contributed by atoms with Crippen molar-refractivity contribution in [3.8, 4) is 5.75 Å². The number of aliphatic hydroxyl groups is 1. The standard InChI is InChI=1S/C13H19N3O3/c17-9-8-15-4-1-5-16(7-6-15)13(19)11-2-3-14-10-12(11)18/h2-3,10,17-18H,1,4-9H2. The third-order valence-corrected chi connectivity index (χ3v) is 3.32. The molecule has 2 rings (SSSR count). The molecule has 0 radical (unpaired) electrons. The molecule has 0 aliphatic carbocycles. The van der Waals surface area contributed by atoms with Crippen LogP contribution in [-0.2, 0) is 0 Å². The number of amides is 1. The van der Waals surface area contributed by atoms with Crippen LogP contribution in [0.1, 0.15) is 16.8 Å². The molecule has 2 N–H and O–H groups in total. The van der Waals surface area contributed by atoms with Gasteiger partial charge in [-0.1, -0.05) is 0 Å². The predicted octanol–water partition coefficient (Wildman–Crippen LogP) is -0.0726. The first-order valence-electron chi connectivity index (χ1n) is 6.48. The third-order valence-electron chi connectivity index (χ3n) is 3.32. The molecule has 0 aromatic carbocycles. The molecule has 6 nitrogen and oxygen atoms in total. The quantitative estimate of drug-likeness (QED) is 0.800. The second kappa shape index (κ2) is 6.49. The van der Waals surface area contributed by atoms with Crippen LogP contribution in [0, 0.1) is 0 Å². The summed E-state index contributed by atoms with van der Waals surface area (Å²) < 4.78 is 0. The normalized spacial score (nSPS) is 17.2. The van der Waals surface area contributed by atoms with Crippen molar-refractivity contribution in [3.63, 3.8) is 0 Å². The van der Waals surface area contributed by atoms with Gasteiger partial charge in [0.25, 0.3) is 5.91 Å². The summed E-state index contributed by atoms with van der Waals surface area (Å²) in [6.07, 6.45) is 3.66. The van der Waals surface area contributed by atoms with Crippen molar-refractivity contribution in [2.24, 2.45) is 0 Å². The number of aliphatic hydroxyl groups excluding tert-OH is 1. The van der Waals surface area contributed by atoms with Crippen molar-refractivity contribution in [2.45, 2.75) is 6.42 Å². The van der Waals surface area contributed by atoms with Crippen molar-refractivity contribution in [3.05, 3.63) is 24.0 Å². The summed E-state index contributed by atoms with van der Waals surface area (Å²) >= 11 is 0. The van der Waals surface area contributed by atoms with Crippen molar-refractivity contribution in [1.29, 1.82) is 0 Å². The number of β-amino-alcohol motifs (C(OH)–C–C–N with tert-alkyl or cyclic N) is 1. The van der Waals surface area contributed by atoms with Crippen LogP contribution in [-0.4, -0.2) is 70.2 Å². The first kappa shape index (κ1) is 13.8. The number of aromatic nitrogens is 1. The average Bonchev–Trinajstić information content (AvgIpc) is 2.65. The Morgan fingerprint density at radius 2 is 2.16 bits per heavy atom.